The van der Waals surface area contributed by atoms with E-state index in [2.05, 4.69) is 24.3 Å². The zero-order valence-electron chi connectivity index (χ0n) is 23.0. The molecule has 1 aliphatic heterocycles. The number of aliphatic imine (C=N–C) groups is 1. The zero-order chi connectivity index (χ0) is 28.2. The fourth-order valence-electron chi connectivity index (χ4n) is 5.42. The summed E-state index contributed by atoms with van der Waals surface area (Å²) in [7, 11) is -4.10. The molecule has 9 heteroatoms. The lowest BCUT2D eigenvalue weighted by Gasteiger charge is -2.23. The third-order valence-electron chi connectivity index (χ3n) is 7.50. The summed E-state index contributed by atoms with van der Waals surface area (Å²) in [6, 6.07) is 14.2. The van der Waals surface area contributed by atoms with Gasteiger partial charge in [0.1, 0.15) is 11.4 Å². The van der Waals surface area contributed by atoms with Crippen LogP contribution in [0.3, 0.4) is 0 Å². The van der Waals surface area contributed by atoms with Crippen LogP contribution in [0.25, 0.3) is 11.1 Å². The molecule has 0 saturated heterocycles. The van der Waals surface area contributed by atoms with Crippen molar-refractivity contribution in [3.8, 4) is 11.1 Å². The lowest BCUT2D eigenvalue weighted by molar-refractivity contribution is -0.131. The van der Waals surface area contributed by atoms with Crippen molar-refractivity contribution in [1.82, 2.24) is 9.62 Å². The van der Waals surface area contributed by atoms with Gasteiger partial charge in [-0.3, -0.25) is 19.5 Å². The fourth-order valence-corrected chi connectivity index (χ4v) is 7.24. The van der Waals surface area contributed by atoms with Crippen molar-refractivity contribution in [2.75, 3.05) is 0 Å². The number of thiol groups is 1. The summed E-state index contributed by atoms with van der Waals surface area (Å²) in [5.74, 6) is 0.579. The van der Waals surface area contributed by atoms with E-state index >= 15 is 0 Å². The van der Waals surface area contributed by atoms with Gasteiger partial charge in [-0.25, -0.2) is 13.1 Å². The van der Waals surface area contributed by atoms with Crippen molar-refractivity contribution in [1.29, 1.82) is 0 Å². The highest BCUT2D eigenvalue weighted by Crippen LogP contribution is 2.40. The maximum absolute atomic E-state index is 13.5. The normalized spacial score (nSPS) is 17.6. The largest absolute Gasteiger partial charge is 0.294 e. The summed E-state index contributed by atoms with van der Waals surface area (Å²) < 4.78 is 28.6. The number of hydrogen-bond acceptors (Lipinski definition) is 6. The van der Waals surface area contributed by atoms with Gasteiger partial charge in [0.05, 0.1) is 16.7 Å². The Hall–Kier alpha value is -2.65. The molecule has 4 rings (SSSR count). The Morgan fingerprint density at radius 2 is 1.77 bits per heavy atom. The van der Waals surface area contributed by atoms with Crippen LogP contribution in [0, 0.1) is 5.92 Å². The number of sulfonamides is 1. The van der Waals surface area contributed by atoms with Crippen molar-refractivity contribution in [2.45, 2.75) is 94.4 Å². The summed E-state index contributed by atoms with van der Waals surface area (Å²) >= 11 is 4.29. The molecule has 2 aromatic rings. The Morgan fingerprint density at radius 3 is 2.41 bits per heavy atom. The van der Waals surface area contributed by atoms with Crippen LogP contribution >= 0.6 is 12.6 Å². The van der Waals surface area contributed by atoms with E-state index in [1.165, 1.54) is 6.07 Å². The summed E-state index contributed by atoms with van der Waals surface area (Å²) in [4.78, 5) is 32.8. The van der Waals surface area contributed by atoms with Crippen molar-refractivity contribution >= 4 is 40.3 Å². The lowest BCUT2D eigenvalue weighted by Crippen LogP contribution is -2.40. The Balaban J connectivity index is 1.54. The molecule has 1 fully saturated rings. The number of nitrogens with one attached hydrogen (secondary N) is 1. The van der Waals surface area contributed by atoms with E-state index in [1.807, 2.05) is 43.0 Å². The van der Waals surface area contributed by atoms with E-state index in [0.29, 0.717) is 24.1 Å². The topological polar surface area (TPSA) is 95.9 Å². The van der Waals surface area contributed by atoms with Crippen LogP contribution in [0.4, 0.5) is 0 Å². The minimum Gasteiger partial charge on any atom is -0.294 e. The molecule has 1 atom stereocenters. The third-order valence-corrected chi connectivity index (χ3v) is 9.35. The van der Waals surface area contributed by atoms with Gasteiger partial charge in [-0.1, -0.05) is 82.5 Å². The first kappa shape index (κ1) is 29.3. The van der Waals surface area contributed by atoms with Crippen molar-refractivity contribution in [2.24, 2.45) is 10.9 Å². The van der Waals surface area contributed by atoms with Gasteiger partial charge in [0, 0.05) is 12.0 Å². The van der Waals surface area contributed by atoms with Crippen LogP contribution in [0.5, 0.6) is 0 Å². The average molecular weight is 570 g/mol. The number of carbonyl (C=O) groups is 2. The van der Waals surface area contributed by atoms with Gasteiger partial charge >= 0.3 is 0 Å². The SMILES string of the molecule is CCCCC1=NC2(CCCC2)C(=O)N1Cc1ccc(-c2ccccc2S(=O)(=O)NC(=O)[C@@H](S)CC(C)C)cc1. The van der Waals surface area contributed by atoms with Gasteiger partial charge in [0.2, 0.25) is 5.91 Å². The quantitative estimate of drug-likeness (QED) is 0.337. The first-order valence-corrected chi connectivity index (χ1v) is 15.9. The highest BCUT2D eigenvalue weighted by molar-refractivity contribution is 7.90. The van der Waals surface area contributed by atoms with Gasteiger partial charge < -0.3 is 0 Å². The van der Waals surface area contributed by atoms with Crippen molar-refractivity contribution in [3.63, 3.8) is 0 Å². The molecule has 1 spiro atoms. The number of rotatable bonds is 11. The van der Waals surface area contributed by atoms with E-state index in [-0.39, 0.29) is 16.7 Å². The molecule has 2 amide bonds. The number of nitrogens with zero attached hydrogens (tertiary/aromatic N) is 2. The van der Waals surface area contributed by atoms with Crippen LogP contribution in [0.15, 0.2) is 58.4 Å². The number of benzene rings is 2. The highest BCUT2D eigenvalue weighted by Gasteiger charge is 2.49. The first-order valence-electron chi connectivity index (χ1n) is 13.9. The second kappa shape index (κ2) is 12.3. The van der Waals surface area contributed by atoms with E-state index in [4.69, 9.17) is 4.99 Å². The van der Waals surface area contributed by atoms with E-state index < -0.39 is 26.7 Å². The highest BCUT2D eigenvalue weighted by atomic mass is 32.2. The molecule has 1 saturated carbocycles. The van der Waals surface area contributed by atoms with E-state index in [0.717, 1.165) is 56.3 Å². The molecule has 0 radical (unpaired) electrons. The Morgan fingerprint density at radius 1 is 1.10 bits per heavy atom. The van der Waals surface area contributed by atoms with Gasteiger partial charge in [-0.05, 0) is 48.8 Å². The molecule has 2 aliphatic rings. The summed E-state index contributed by atoms with van der Waals surface area (Å²) in [6.45, 7) is 6.49. The summed E-state index contributed by atoms with van der Waals surface area (Å²) in [5.41, 5.74) is 1.58. The smallest absolute Gasteiger partial charge is 0.264 e. The molecule has 0 bridgehead atoms. The number of unbranched alkanes of at least 4 members (excludes halogenated alkanes) is 1. The van der Waals surface area contributed by atoms with Gasteiger partial charge in [-0.15, -0.1) is 0 Å². The minimum absolute atomic E-state index is 0.0306. The number of carbonyl (C=O) groups excluding carboxylic acids is 2. The second-order valence-electron chi connectivity index (χ2n) is 11.1. The van der Waals surface area contributed by atoms with Crippen LogP contribution < -0.4 is 4.72 Å². The standard InChI is InChI=1S/C30H39N3O4S2/c1-4-5-12-27-31-30(17-8-9-18-30)29(35)33(27)20-22-13-15-23(16-14-22)24-10-6-7-11-26(24)39(36,37)32-28(34)25(38)19-21(2)3/h6-7,10-11,13-16,21,25,38H,4-5,8-9,12,17-20H2,1-3H3,(H,32,34)/t25-/m0/s1. The average Bonchev–Trinajstić information content (AvgIpc) is 3.48. The predicted molar refractivity (Wildman–Crippen MR) is 158 cm³/mol. The van der Waals surface area contributed by atoms with Crippen molar-refractivity contribution < 1.29 is 18.0 Å². The van der Waals surface area contributed by atoms with Crippen LogP contribution in [-0.4, -0.2) is 41.8 Å². The molecule has 7 nitrogen and oxygen atoms in total. The van der Waals surface area contributed by atoms with Gasteiger partial charge in [-0.2, -0.15) is 12.6 Å². The molecule has 39 heavy (non-hydrogen) atoms. The molecule has 0 unspecified atom stereocenters. The molecule has 0 aromatic heterocycles. The molecule has 1 aliphatic carbocycles. The molecule has 1 N–H and O–H groups in total. The zero-order valence-corrected chi connectivity index (χ0v) is 24.7. The Bertz CT molecular complexity index is 1330. The number of amides is 2. The molecule has 210 valence electrons. The maximum Gasteiger partial charge on any atom is 0.264 e. The van der Waals surface area contributed by atoms with Gasteiger partial charge in [0.25, 0.3) is 15.9 Å². The molecular weight excluding hydrogens is 530 g/mol. The molecule has 2 aromatic carbocycles. The number of amidine groups is 1. The molecule has 1 heterocycles. The van der Waals surface area contributed by atoms with Gasteiger partial charge in [0.15, 0.2) is 0 Å². The van der Waals surface area contributed by atoms with Crippen LogP contribution in [-0.2, 0) is 26.2 Å². The Kier molecular flexibility index (Phi) is 9.21. The first-order chi connectivity index (χ1) is 18.6. The van der Waals surface area contributed by atoms with Crippen LogP contribution in [0.2, 0.25) is 0 Å². The predicted octanol–water partition coefficient (Wildman–Crippen LogP) is 5.75. The van der Waals surface area contributed by atoms with Crippen molar-refractivity contribution in [3.05, 3.63) is 54.1 Å². The Labute approximate surface area is 237 Å². The maximum atomic E-state index is 13.5. The fraction of sp³-hybridized carbons (Fsp3) is 0.500. The second-order valence-corrected chi connectivity index (χ2v) is 13.3. The number of hydrogen-bond donors (Lipinski definition) is 2. The molecular formula is C30H39N3O4S2. The monoisotopic (exact) mass is 569 g/mol. The third kappa shape index (κ3) is 6.57. The van der Waals surface area contributed by atoms with Crippen LogP contribution in [0.1, 0.15) is 77.7 Å². The lowest BCUT2D eigenvalue weighted by atomic mass is 9.98. The van der Waals surface area contributed by atoms with E-state index in [1.54, 1.807) is 18.2 Å². The van der Waals surface area contributed by atoms with E-state index in [9.17, 15) is 18.0 Å². The minimum atomic E-state index is -4.10. The summed E-state index contributed by atoms with van der Waals surface area (Å²) in [5, 5.41) is -0.714. The summed E-state index contributed by atoms with van der Waals surface area (Å²) in [6.07, 6.45) is 7.02.